The van der Waals surface area contributed by atoms with Crippen LogP contribution in [-0.2, 0) is 7.05 Å². The lowest BCUT2D eigenvalue weighted by Crippen LogP contribution is -2.34. The van der Waals surface area contributed by atoms with E-state index in [1.807, 2.05) is 18.7 Å². The Morgan fingerprint density at radius 2 is 2.35 bits per heavy atom. The molecule has 1 aromatic rings. The summed E-state index contributed by atoms with van der Waals surface area (Å²) in [7, 11) is 1.94. The van der Waals surface area contributed by atoms with E-state index in [9.17, 15) is 0 Å². The van der Waals surface area contributed by atoms with Crippen molar-refractivity contribution in [3.05, 3.63) is 17.5 Å². The lowest BCUT2D eigenvalue weighted by molar-refractivity contribution is 0.417. The van der Waals surface area contributed by atoms with Gasteiger partial charge in [0.2, 0.25) is 0 Å². The van der Waals surface area contributed by atoms with Gasteiger partial charge in [0.05, 0.1) is 17.7 Å². The van der Waals surface area contributed by atoms with Gasteiger partial charge in [0, 0.05) is 30.9 Å². The first-order valence-electron chi connectivity index (χ1n) is 6.27. The normalized spacial score (nSPS) is 25.8. The maximum atomic E-state index is 9.07. The standard InChI is InChI=1S/C13H20N4/c1-9(12-8-17(3)16-10(12)2)15-13-6-4-5-11(13)7-14/h8-9,11,13,15H,4-6H2,1-3H3. The highest BCUT2D eigenvalue weighted by Gasteiger charge is 2.28. The van der Waals surface area contributed by atoms with Crippen molar-refractivity contribution in [1.29, 1.82) is 5.26 Å². The van der Waals surface area contributed by atoms with Crippen LogP contribution in [0.1, 0.15) is 43.5 Å². The van der Waals surface area contributed by atoms with Gasteiger partial charge in [-0.3, -0.25) is 4.68 Å². The Labute approximate surface area is 103 Å². The molecule has 0 amide bonds. The minimum Gasteiger partial charge on any atom is -0.306 e. The average molecular weight is 232 g/mol. The number of hydrogen-bond acceptors (Lipinski definition) is 3. The Hall–Kier alpha value is -1.34. The SMILES string of the molecule is Cc1nn(C)cc1C(C)NC1CCCC1C#N. The van der Waals surface area contributed by atoms with Gasteiger partial charge in [0.1, 0.15) is 0 Å². The molecule has 1 aliphatic rings. The maximum Gasteiger partial charge on any atom is 0.0672 e. The third kappa shape index (κ3) is 2.50. The van der Waals surface area contributed by atoms with Crippen LogP contribution in [0.3, 0.4) is 0 Å². The highest BCUT2D eigenvalue weighted by Crippen LogP contribution is 2.27. The molecule has 0 aliphatic heterocycles. The molecule has 3 unspecified atom stereocenters. The number of nitrogens with one attached hydrogen (secondary N) is 1. The van der Waals surface area contributed by atoms with E-state index in [-0.39, 0.29) is 12.0 Å². The first-order chi connectivity index (χ1) is 8.11. The van der Waals surface area contributed by atoms with Crippen LogP contribution in [-0.4, -0.2) is 15.8 Å². The Morgan fingerprint density at radius 1 is 1.59 bits per heavy atom. The van der Waals surface area contributed by atoms with E-state index < -0.39 is 0 Å². The Bertz CT molecular complexity index is 429. The molecule has 92 valence electrons. The molecule has 3 atom stereocenters. The van der Waals surface area contributed by atoms with Crippen molar-refractivity contribution in [1.82, 2.24) is 15.1 Å². The fraction of sp³-hybridized carbons (Fsp3) is 0.692. The van der Waals surface area contributed by atoms with Crippen LogP contribution in [0.15, 0.2) is 6.20 Å². The Morgan fingerprint density at radius 3 is 2.94 bits per heavy atom. The minimum atomic E-state index is 0.175. The molecule has 1 fully saturated rings. The Balaban J connectivity index is 2.04. The molecule has 0 bridgehead atoms. The fourth-order valence-corrected chi connectivity index (χ4v) is 2.77. The van der Waals surface area contributed by atoms with Crippen LogP contribution in [0.25, 0.3) is 0 Å². The van der Waals surface area contributed by atoms with Gasteiger partial charge in [-0.1, -0.05) is 6.42 Å². The van der Waals surface area contributed by atoms with Gasteiger partial charge in [-0.05, 0) is 26.7 Å². The lowest BCUT2D eigenvalue weighted by Gasteiger charge is -2.21. The topological polar surface area (TPSA) is 53.6 Å². The number of nitriles is 1. The number of nitrogens with zero attached hydrogens (tertiary/aromatic N) is 3. The van der Waals surface area contributed by atoms with E-state index >= 15 is 0 Å². The third-order valence-electron chi connectivity index (χ3n) is 3.66. The molecular weight excluding hydrogens is 212 g/mol. The van der Waals surface area contributed by atoms with E-state index in [1.54, 1.807) is 0 Å². The summed E-state index contributed by atoms with van der Waals surface area (Å²) in [6, 6.07) is 3.02. The second-order valence-electron chi connectivity index (χ2n) is 5.00. The van der Waals surface area contributed by atoms with E-state index in [2.05, 4.69) is 29.6 Å². The van der Waals surface area contributed by atoms with E-state index in [0.29, 0.717) is 6.04 Å². The smallest absolute Gasteiger partial charge is 0.0672 e. The lowest BCUT2D eigenvalue weighted by atomic mass is 10.0. The molecule has 4 nitrogen and oxygen atoms in total. The van der Waals surface area contributed by atoms with E-state index in [1.165, 1.54) is 5.56 Å². The highest BCUT2D eigenvalue weighted by atomic mass is 15.3. The molecule has 2 rings (SSSR count). The zero-order chi connectivity index (χ0) is 12.4. The van der Waals surface area contributed by atoms with E-state index in [4.69, 9.17) is 5.26 Å². The summed E-state index contributed by atoms with van der Waals surface area (Å²) in [6.45, 7) is 4.18. The zero-order valence-electron chi connectivity index (χ0n) is 10.8. The van der Waals surface area contributed by atoms with Crippen molar-refractivity contribution in [3.8, 4) is 6.07 Å². The summed E-state index contributed by atoms with van der Waals surface area (Å²) in [6.07, 6.45) is 5.37. The van der Waals surface area contributed by atoms with Crippen molar-refractivity contribution < 1.29 is 0 Å². The van der Waals surface area contributed by atoms with Gasteiger partial charge in [-0.25, -0.2) is 0 Å². The first-order valence-corrected chi connectivity index (χ1v) is 6.27. The summed E-state index contributed by atoms with van der Waals surface area (Å²) < 4.78 is 1.85. The molecule has 1 aromatic heterocycles. The summed E-state index contributed by atoms with van der Waals surface area (Å²) in [5, 5.41) is 17.0. The van der Waals surface area contributed by atoms with Crippen molar-refractivity contribution in [2.75, 3.05) is 0 Å². The van der Waals surface area contributed by atoms with Crippen molar-refractivity contribution >= 4 is 0 Å². The molecule has 1 N–H and O–H groups in total. The van der Waals surface area contributed by atoms with Crippen LogP contribution < -0.4 is 5.32 Å². The molecule has 4 heteroatoms. The van der Waals surface area contributed by atoms with Crippen molar-refractivity contribution in [2.24, 2.45) is 13.0 Å². The predicted octanol–water partition coefficient (Wildman–Crippen LogP) is 2.07. The molecule has 17 heavy (non-hydrogen) atoms. The number of aromatic nitrogens is 2. The first kappa shape index (κ1) is 12.1. The summed E-state index contributed by atoms with van der Waals surface area (Å²) >= 11 is 0. The number of hydrogen-bond donors (Lipinski definition) is 1. The van der Waals surface area contributed by atoms with Gasteiger partial charge in [-0.2, -0.15) is 10.4 Å². The molecule has 0 spiro atoms. The molecule has 1 heterocycles. The molecular formula is C13H20N4. The predicted molar refractivity (Wildman–Crippen MR) is 66.2 cm³/mol. The van der Waals surface area contributed by atoms with Crippen molar-refractivity contribution in [3.63, 3.8) is 0 Å². The Kier molecular flexibility index (Phi) is 3.49. The average Bonchev–Trinajstić information content (AvgIpc) is 2.84. The highest BCUT2D eigenvalue weighted by molar-refractivity contribution is 5.19. The van der Waals surface area contributed by atoms with Crippen LogP contribution >= 0.6 is 0 Å². The van der Waals surface area contributed by atoms with Gasteiger partial charge in [0.25, 0.3) is 0 Å². The summed E-state index contributed by atoms with van der Waals surface area (Å²) in [4.78, 5) is 0. The molecule has 0 radical (unpaired) electrons. The fourth-order valence-electron chi connectivity index (χ4n) is 2.77. The molecule has 1 saturated carbocycles. The van der Waals surface area contributed by atoms with Crippen LogP contribution in [0, 0.1) is 24.2 Å². The van der Waals surface area contributed by atoms with Gasteiger partial charge >= 0.3 is 0 Å². The number of rotatable bonds is 3. The maximum absolute atomic E-state index is 9.07. The third-order valence-corrected chi connectivity index (χ3v) is 3.66. The summed E-state index contributed by atoms with van der Waals surface area (Å²) in [5.74, 6) is 0.175. The van der Waals surface area contributed by atoms with Gasteiger partial charge in [0.15, 0.2) is 0 Å². The van der Waals surface area contributed by atoms with E-state index in [0.717, 1.165) is 25.0 Å². The minimum absolute atomic E-state index is 0.175. The molecule has 1 aliphatic carbocycles. The zero-order valence-corrected chi connectivity index (χ0v) is 10.8. The summed E-state index contributed by atoms with van der Waals surface area (Å²) in [5.41, 5.74) is 2.30. The van der Waals surface area contributed by atoms with Crippen molar-refractivity contribution in [2.45, 2.75) is 45.2 Å². The van der Waals surface area contributed by atoms with Gasteiger partial charge in [-0.15, -0.1) is 0 Å². The van der Waals surface area contributed by atoms with Crippen LogP contribution in [0.5, 0.6) is 0 Å². The van der Waals surface area contributed by atoms with Gasteiger partial charge < -0.3 is 5.32 Å². The second-order valence-corrected chi connectivity index (χ2v) is 5.00. The monoisotopic (exact) mass is 232 g/mol. The molecule has 0 aromatic carbocycles. The quantitative estimate of drug-likeness (QED) is 0.868. The second kappa shape index (κ2) is 4.89. The van der Waals surface area contributed by atoms with Crippen LogP contribution in [0.4, 0.5) is 0 Å². The molecule has 0 saturated heterocycles. The van der Waals surface area contributed by atoms with Crippen LogP contribution in [0.2, 0.25) is 0 Å². The largest absolute Gasteiger partial charge is 0.306 e. The number of aryl methyl sites for hydroxylation is 2.